The summed E-state index contributed by atoms with van der Waals surface area (Å²) in [6, 6.07) is 9.63. The predicted molar refractivity (Wildman–Crippen MR) is 75.4 cm³/mol. The highest BCUT2D eigenvalue weighted by molar-refractivity contribution is 7.99. The molecule has 0 aromatic heterocycles. The smallest absolute Gasteiger partial charge is 0.123 e. The van der Waals surface area contributed by atoms with Crippen LogP contribution >= 0.6 is 11.8 Å². The number of aliphatic hydroxyl groups is 2. The number of methoxy groups -OCH3 is 1. The minimum atomic E-state index is -0.383. The lowest BCUT2D eigenvalue weighted by molar-refractivity contribution is 0.278. The van der Waals surface area contributed by atoms with Gasteiger partial charge in [-0.1, -0.05) is 17.8 Å². The maximum Gasteiger partial charge on any atom is 0.123 e. The molecule has 0 saturated heterocycles. The van der Waals surface area contributed by atoms with Gasteiger partial charge in [0.1, 0.15) is 11.6 Å². The van der Waals surface area contributed by atoms with Gasteiger partial charge in [0, 0.05) is 9.79 Å². The van der Waals surface area contributed by atoms with Crippen LogP contribution in [0, 0.1) is 5.82 Å². The number of benzene rings is 2. The lowest BCUT2D eigenvalue weighted by Crippen LogP contribution is -1.93. The lowest BCUT2D eigenvalue weighted by Gasteiger charge is -2.11. The fraction of sp³-hybridized carbons (Fsp3) is 0.200. The molecule has 0 saturated carbocycles. The highest BCUT2D eigenvalue weighted by atomic mass is 32.2. The number of halogens is 1. The Labute approximate surface area is 121 Å². The van der Waals surface area contributed by atoms with E-state index in [1.54, 1.807) is 31.4 Å². The van der Waals surface area contributed by atoms with Gasteiger partial charge in [-0.3, -0.25) is 0 Å². The molecule has 20 heavy (non-hydrogen) atoms. The van der Waals surface area contributed by atoms with Crippen molar-refractivity contribution in [2.45, 2.75) is 23.0 Å². The Kier molecular flexibility index (Phi) is 5.00. The summed E-state index contributed by atoms with van der Waals surface area (Å²) >= 11 is 1.36. The molecule has 5 heteroatoms. The van der Waals surface area contributed by atoms with Crippen molar-refractivity contribution in [2.75, 3.05) is 7.11 Å². The molecule has 0 aliphatic carbocycles. The Hall–Kier alpha value is -1.56. The highest BCUT2D eigenvalue weighted by Gasteiger charge is 2.10. The van der Waals surface area contributed by atoms with E-state index in [-0.39, 0.29) is 19.0 Å². The Balaban J connectivity index is 2.38. The molecule has 0 aliphatic heterocycles. The molecule has 0 radical (unpaired) electrons. The zero-order chi connectivity index (χ0) is 14.5. The molecule has 0 fully saturated rings. The summed E-state index contributed by atoms with van der Waals surface area (Å²) in [7, 11) is 1.57. The van der Waals surface area contributed by atoms with Crippen molar-refractivity contribution >= 4 is 11.8 Å². The van der Waals surface area contributed by atoms with Crippen LogP contribution in [0.15, 0.2) is 46.2 Å². The third kappa shape index (κ3) is 3.30. The van der Waals surface area contributed by atoms with E-state index in [4.69, 9.17) is 4.74 Å². The average molecular weight is 294 g/mol. The number of ether oxygens (including phenoxy) is 1. The van der Waals surface area contributed by atoms with Crippen molar-refractivity contribution in [1.29, 1.82) is 0 Å². The Morgan fingerprint density at radius 3 is 2.40 bits per heavy atom. The van der Waals surface area contributed by atoms with Crippen LogP contribution in [0.25, 0.3) is 0 Å². The number of hydrogen-bond donors (Lipinski definition) is 2. The molecule has 0 unspecified atom stereocenters. The van der Waals surface area contributed by atoms with E-state index in [0.29, 0.717) is 11.3 Å². The van der Waals surface area contributed by atoms with Crippen molar-refractivity contribution in [3.05, 3.63) is 53.3 Å². The van der Waals surface area contributed by atoms with Crippen LogP contribution in [0.4, 0.5) is 4.39 Å². The van der Waals surface area contributed by atoms with Crippen LogP contribution in [-0.4, -0.2) is 17.3 Å². The van der Waals surface area contributed by atoms with Gasteiger partial charge >= 0.3 is 0 Å². The van der Waals surface area contributed by atoms with Gasteiger partial charge in [-0.15, -0.1) is 0 Å². The molecule has 0 aliphatic rings. The number of hydrogen-bond acceptors (Lipinski definition) is 4. The summed E-state index contributed by atoms with van der Waals surface area (Å²) in [5, 5.41) is 18.7. The van der Waals surface area contributed by atoms with Crippen LogP contribution in [-0.2, 0) is 13.2 Å². The maximum absolute atomic E-state index is 13.2. The topological polar surface area (TPSA) is 49.7 Å². The van der Waals surface area contributed by atoms with Gasteiger partial charge in [-0.2, -0.15) is 0 Å². The fourth-order valence-corrected chi connectivity index (χ4v) is 2.84. The van der Waals surface area contributed by atoms with Crippen molar-refractivity contribution in [1.82, 2.24) is 0 Å². The van der Waals surface area contributed by atoms with Gasteiger partial charge < -0.3 is 14.9 Å². The molecule has 2 aromatic carbocycles. The zero-order valence-electron chi connectivity index (χ0n) is 11.0. The Morgan fingerprint density at radius 1 is 1.00 bits per heavy atom. The average Bonchev–Trinajstić information content (AvgIpc) is 2.48. The van der Waals surface area contributed by atoms with E-state index < -0.39 is 0 Å². The minimum absolute atomic E-state index is 0.0953. The number of rotatable bonds is 5. The Bertz CT molecular complexity index is 602. The molecule has 0 spiro atoms. The van der Waals surface area contributed by atoms with Crippen LogP contribution in [0.2, 0.25) is 0 Å². The molecule has 0 heterocycles. The van der Waals surface area contributed by atoms with Gasteiger partial charge in [0.25, 0.3) is 0 Å². The monoisotopic (exact) mass is 294 g/mol. The molecule has 3 nitrogen and oxygen atoms in total. The molecule has 2 rings (SSSR count). The van der Waals surface area contributed by atoms with E-state index in [1.165, 1.54) is 23.9 Å². The molecule has 0 amide bonds. The molecular weight excluding hydrogens is 279 g/mol. The Morgan fingerprint density at radius 2 is 1.75 bits per heavy atom. The van der Waals surface area contributed by atoms with Crippen LogP contribution in [0.5, 0.6) is 5.75 Å². The van der Waals surface area contributed by atoms with Gasteiger partial charge in [0.15, 0.2) is 0 Å². The van der Waals surface area contributed by atoms with E-state index in [0.717, 1.165) is 15.4 Å². The normalized spacial score (nSPS) is 10.6. The van der Waals surface area contributed by atoms with E-state index in [2.05, 4.69) is 0 Å². The predicted octanol–water partition coefficient (Wildman–Crippen LogP) is 2.97. The number of aliphatic hydroxyl groups excluding tert-OH is 2. The van der Waals surface area contributed by atoms with Crippen LogP contribution in [0.3, 0.4) is 0 Å². The third-order valence-corrected chi connectivity index (χ3v) is 4.08. The van der Waals surface area contributed by atoms with Gasteiger partial charge in [-0.05, 0) is 41.5 Å². The molecule has 2 aromatic rings. The van der Waals surface area contributed by atoms with E-state index in [1.807, 2.05) is 0 Å². The van der Waals surface area contributed by atoms with Gasteiger partial charge in [0.2, 0.25) is 0 Å². The van der Waals surface area contributed by atoms with Crippen molar-refractivity contribution in [3.8, 4) is 5.75 Å². The summed E-state index contributed by atoms with van der Waals surface area (Å²) in [6.45, 7) is -0.333. The first kappa shape index (κ1) is 14.8. The fourth-order valence-electron chi connectivity index (χ4n) is 1.78. The second-order valence-corrected chi connectivity index (χ2v) is 5.23. The molecule has 2 N–H and O–H groups in total. The highest BCUT2D eigenvalue weighted by Crippen LogP contribution is 2.35. The SMILES string of the molecule is COc1ccc(CO)c(Sc2ccc(F)cc2CO)c1. The minimum Gasteiger partial charge on any atom is -0.497 e. The quantitative estimate of drug-likeness (QED) is 0.890. The largest absolute Gasteiger partial charge is 0.497 e. The van der Waals surface area contributed by atoms with Crippen molar-refractivity contribution < 1.29 is 19.3 Å². The van der Waals surface area contributed by atoms with Crippen LogP contribution < -0.4 is 4.74 Å². The van der Waals surface area contributed by atoms with Crippen molar-refractivity contribution in [3.63, 3.8) is 0 Å². The first-order chi connectivity index (χ1) is 9.67. The molecule has 0 atom stereocenters. The standard InChI is InChI=1S/C15H15FO3S/c1-19-13-4-2-10(8-17)15(7-13)20-14-5-3-12(16)6-11(14)9-18/h2-7,17-18H,8-9H2,1H3. The van der Waals surface area contributed by atoms with E-state index >= 15 is 0 Å². The summed E-state index contributed by atoms with van der Waals surface area (Å²) in [5.74, 6) is 0.295. The molecule has 106 valence electrons. The first-order valence-electron chi connectivity index (χ1n) is 6.03. The molecule has 0 bridgehead atoms. The zero-order valence-corrected chi connectivity index (χ0v) is 11.8. The molecular formula is C15H15FO3S. The summed E-state index contributed by atoms with van der Waals surface area (Å²) in [4.78, 5) is 1.56. The summed E-state index contributed by atoms with van der Waals surface area (Å²) in [5.41, 5.74) is 1.27. The maximum atomic E-state index is 13.2. The van der Waals surface area contributed by atoms with Gasteiger partial charge in [0.05, 0.1) is 20.3 Å². The lowest BCUT2D eigenvalue weighted by atomic mass is 10.2. The summed E-state index contributed by atoms with van der Waals surface area (Å²) in [6.07, 6.45) is 0. The van der Waals surface area contributed by atoms with Crippen molar-refractivity contribution in [2.24, 2.45) is 0 Å². The first-order valence-corrected chi connectivity index (χ1v) is 6.84. The van der Waals surface area contributed by atoms with Gasteiger partial charge in [-0.25, -0.2) is 4.39 Å². The summed E-state index contributed by atoms with van der Waals surface area (Å²) < 4.78 is 18.3. The van der Waals surface area contributed by atoms with Crippen LogP contribution in [0.1, 0.15) is 11.1 Å². The van der Waals surface area contributed by atoms with E-state index in [9.17, 15) is 14.6 Å². The second kappa shape index (κ2) is 6.74. The third-order valence-electron chi connectivity index (χ3n) is 2.86. The second-order valence-electron chi connectivity index (χ2n) is 4.14.